The molecule has 0 heterocycles. The second-order valence-corrected chi connectivity index (χ2v) is 4.35. The Morgan fingerprint density at radius 3 is 2.57 bits per heavy atom. The number of nitro groups is 1. The Bertz CT molecular complexity index is 704. The highest BCUT2D eigenvalue weighted by Crippen LogP contribution is 2.21. The molecular formula is C14H12FN3O3. The average Bonchev–Trinajstić information content (AvgIpc) is 2.40. The molecule has 0 radical (unpaired) electrons. The molecule has 0 aliphatic rings. The number of hydrogen-bond acceptors (Lipinski definition) is 3. The van der Waals surface area contributed by atoms with Crippen LogP contribution in [0.25, 0.3) is 0 Å². The van der Waals surface area contributed by atoms with E-state index in [1.807, 2.05) is 0 Å². The Hall–Kier alpha value is -2.96. The van der Waals surface area contributed by atoms with Crippen LogP contribution in [0.4, 0.5) is 26.2 Å². The largest absolute Gasteiger partial charge is 0.323 e. The summed E-state index contributed by atoms with van der Waals surface area (Å²) in [6.45, 7) is 1.64. The topological polar surface area (TPSA) is 84.3 Å². The zero-order valence-corrected chi connectivity index (χ0v) is 11.1. The first-order valence-electron chi connectivity index (χ1n) is 6.04. The van der Waals surface area contributed by atoms with Gasteiger partial charge in [0.25, 0.3) is 5.69 Å². The molecule has 2 aromatic rings. The summed E-state index contributed by atoms with van der Waals surface area (Å²) in [5.74, 6) is -0.459. The van der Waals surface area contributed by atoms with E-state index in [1.165, 1.54) is 36.4 Å². The van der Waals surface area contributed by atoms with Crippen LogP contribution in [0.2, 0.25) is 0 Å². The third-order valence-electron chi connectivity index (χ3n) is 2.75. The molecule has 0 saturated heterocycles. The van der Waals surface area contributed by atoms with Crippen molar-refractivity contribution in [3.05, 3.63) is 64.0 Å². The predicted octanol–water partition coefficient (Wildman–Crippen LogP) is 3.69. The predicted molar refractivity (Wildman–Crippen MR) is 76.9 cm³/mol. The minimum absolute atomic E-state index is 0.0522. The second-order valence-electron chi connectivity index (χ2n) is 4.35. The minimum atomic E-state index is -0.558. The SMILES string of the molecule is Cc1cc([N+](=O)[O-])ccc1NC(=O)Nc1cccc(F)c1. The standard InChI is InChI=1S/C14H12FN3O3/c1-9-7-12(18(20)21)5-6-13(9)17-14(19)16-11-4-2-3-10(15)8-11/h2-8H,1H3,(H2,16,17,19). The fourth-order valence-corrected chi connectivity index (χ4v) is 1.75. The van der Waals surface area contributed by atoms with Crippen molar-refractivity contribution in [2.24, 2.45) is 0 Å². The van der Waals surface area contributed by atoms with Gasteiger partial charge in [-0.1, -0.05) is 6.07 Å². The van der Waals surface area contributed by atoms with Crippen LogP contribution < -0.4 is 10.6 Å². The van der Waals surface area contributed by atoms with E-state index < -0.39 is 16.8 Å². The fourth-order valence-electron chi connectivity index (χ4n) is 1.75. The molecule has 0 spiro atoms. The Morgan fingerprint density at radius 1 is 1.19 bits per heavy atom. The monoisotopic (exact) mass is 289 g/mol. The van der Waals surface area contributed by atoms with Gasteiger partial charge in [-0.2, -0.15) is 0 Å². The Morgan fingerprint density at radius 2 is 1.95 bits per heavy atom. The van der Waals surface area contributed by atoms with E-state index in [9.17, 15) is 19.3 Å². The first-order chi connectivity index (χ1) is 9.95. The van der Waals surface area contributed by atoms with Crippen molar-refractivity contribution in [2.75, 3.05) is 10.6 Å². The number of urea groups is 1. The van der Waals surface area contributed by atoms with Crippen LogP contribution in [0.5, 0.6) is 0 Å². The van der Waals surface area contributed by atoms with Crippen molar-refractivity contribution < 1.29 is 14.1 Å². The van der Waals surface area contributed by atoms with Crippen LogP contribution in [-0.4, -0.2) is 11.0 Å². The van der Waals surface area contributed by atoms with Crippen LogP contribution in [0.15, 0.2) is 42.5 Å². The molecule has 0 atom stereocenters. The maximum Gasteiger partial charge on any atom is 0.323 e. The molecule has 0 bridgehead atoms. The summed E-state index contributed by atoms with van der Waals surface area (Å²) in [6.07, 6.45) is 0. The second kappa shape index (κ2) is 6.00. The van der Waals surface area contributed by atoms with E-state index in [0.29, 0.717) is 16.9 Å². The summed E-state index contributed by atoms with van der Waals surface area (Å²) in [5.41, 5.74) is 1.25. The number of nitrogens with zero attached hydrogens (tertiary/aromatic N) is 1. The van der Waals surface area contributed by atoms with Gasteiger partial charge < -0.3 is 10.6 Å². The van der Waals surface area contributed by atoms with Crippen LogP contribution in [-0.2, 0) is 0 Å². The van der Waals surface area contributed by atoms with Crippen molar-refractivity contribution in [1.29, 1.82) is 0 Å². The molecule has 6 nitrogen and oxygen atoms in total. The number of hydrogen-bond donors (Lipinski definition) is 2. The molecule has 0 saturated carbocycles. The summed E-state index contributed by atoms with van der Waals surface area (Å²) < 4.78 is 13.0. The van der Waals surface area contributed by atoms with Gasteiger partial charge in [0.05, 0.1) is 4.92 Å². The van der Waals surface area contributed by atoms with Crippen molar-refractivity contribution in [3.63, 3.8) is 0 Å². The number of amides is 2. The third-order valence-corrected chi connectivity index (χ3v) is 2.75. The van der Waals surface area contributed by atoms with E-state index in [4.69, 9.17) is 0 Å². The zero-order valence-electron chi connectivity index (χ0n) is 11.1. The zero-order chi connectivity index (χ0) is 15.4. The summed E-state index contributed by atoms with van der Waals surface area (Å²) in [5, 5.41) is 15.7. The highest BCUT2D eigenvalue weighted by molar-refractivity contribution is 6.00. The lowest BCUT2D eigenvalue weighted by Crippen LogP contribution is -2.20. The van der Waals surface area contributed by atoms with Gasteiger partial charge in [0.15, 0.2) is 0 Å². The van der Waals surface area contributed by atoms with E-state index >= 15 is 0 Å². The van der Waals surface area contributed by atoms with Crippen molar-refractivity contribution >= 4 is 23.1 Å². The number of rotatable bonds is 3. The van der Waals surface area contributed by atoms with Crippen molar-refractivity contribution in [2.45, 2.75) is 6.92 Å². The van der Waals surface area contributed by atoms with E-state index in [1.54, 1.807) is 13.0 Å². The minimum Gasteiger partial charge on any atom is -0.308 e. The van der Waals surface area contributed by atoms with Gasteiger partial charge in [0, 0.05) is 23.5 Å². The van der Waals surface area contributed by atoms with Gasteiger partial charge in [0.1, 0.15) is 5.82 Å². The molecular weight excluding hydrogens is 277 g/mol. The Kier molecular flexibility index (Phi) is 4.13. The summed E-state index contributed by atoms with van der Waals surface area (Å²) >= 11 is 0. The average molecular weight is 289 g/mol. The van der Waals surface area contributed by atoms with Gasteiger partial charge in [-0.15, -0.1) is 0 Å². The normalized spacial score (nSPS) is 10.0. The Balaban J connectivity index is 2.08. The van der Waals surface area contributed by atoms with Crippen LogP contribution in [0.1, 0.15) is 5.56 Å². The Labute approximate surface area is 119 Å². The molecule has 21 heavy (non-hydrogen) atoms. The third kappa shape index (κ3) is 3.75. The summed E-state index contributed by atoms with van der Waals surface area (Å²) in [7, 11) is 0. The van der Waals surface area contributed by atoms with Gasteiger partial charge in [-0.3, -0.25) is 10.1 Å². The molecule has 2 amide bonds. The molecule has 0 aliphatic heterocycles. The van der Waals surface area contributed by atoms with Gasteiger partial charge in [-0.05, 0) is 36.8 Å². The fraction of sp³-hybridized carbons (Fsp3) is 0.0714. The lowest BCUT2D eigenvalue weighted by molar-refractivity contribution is -0.384. The molecule has 0 aromatic heterocycles. The molecule has 2 rings (SSSR count). The molecule has 0 unspecified atom stereocenters. The molecule has 108 valence electrons. The van der Waals surface area contributed by atoms with E-state index in [-0.39, 0.29) is 5.69 Å². The number of anilines is 2. The molecule has 2 N–H and O–H groups in total. The van der Waals surface area contributed by atoms with Crippen molar-refractivity contribution in [1.82, 2.24) is 0 Å². The number of nitrogens with one attached hydrogen (secondary N) is 2. The molecule has 7 heteroatoms. The number of halogens is 1. The number of nitro benzene ring substituents is 1. The quantitative estimate of drug-likeness (QED) is 0.667. The lowest BCUT2D eigenvalue weighted by atomic mass is 10.2. The first-order valence-corrected chi connectivity index (χ1v) is 6.04. The number of aryl methyl sites for hydroxylation is 1. The number of carbonyl (C=O) groups is 1. The molecule has 0 fully saturated rings. The maximum atomic E-state index is 13.0. The van der Waals surface area contributed by atoms with Gasteiger partial charge in [-0.25, -0.2) is 9.18 Å². The summed E-state index contributed by atoms with van der Waals surface area (Å²) in [4.78, 5) is 21.9. The number of carbonyl (C=O) groups excluding carboxylic acids is 1. The smallest absolute Gasteiger partial charge is 0.308 e. The lowest BCUT2D eigenvalue weighted by Gasteiger charge is -2.09. The van der Waals surface area contributed by atoms with Crippen molar-refractivity contribution in [3.8, 4) is 0 Å². The van der Waals surface area contributed by atoms with Crippen LogP contribution >= 0.6 is 0 Å². The van der Waals surface area contributed by atoms with E-state index in [2.05, 4.69) is 10.6 Å². The maximum absolute atomic E-state index is 13.0. The molecule has 2 aromatic carbocycles. The highest BCUT2D eigenvalue weighted by atomic mass is 19.1. The van der Waals surface area contributed by atoms with Crippen LogP contribution in [0, 0.1) is 22.9 Å². The van der Waals surface area contributed by atoms with E-state index in [0.717, 1.165) is 0 Å². The van der Waals surface area contributed by atoms with Gasteiger partial charge >= 0.3 is 6.03 Å². The highest BCUT2D eigenvalue weighted by Gasteiger charge is 2.10. The first kappa shape index (κ1) is 14.4. The van der Waals surface area contributed by atoms with Crippen LogP contribution in [0.3, 0.4) is 0 Å². The number of non-ortho nitro benzene ring substituents is 1. The molecule has 0 aliphatic carbocycles. The van der Waals surface area contributed by atoms with Gasteiger partial charge in [0.2, 0.25) is 0 Å². The number of benzene rings is 2. The summed E-state index contributed by atoms with van der Waals surface area (Å²) in [6, 6.07) is 9.01.